The number of hydrogen-bond acceptors (Lipinski definition) is 3. The van der Waals surface area contributed by atoms with Crippen LogP contribution < -0.4 is 5.32 Å². The van der Waals surface area contributed by atoms with Gasteiger partial charge in [0.15, 0.2) is 0 Å². The van der Waals surface area contributed by atoms with Crippen molar-refractivity contribution >= 4 is 17.7 Å². The predicted octanol–water partition coefficient (Wildman–Crippen LogP) is 3.47. The van der Waals surface area contributed by atoms with Gasteiger partial charge in [-0.2, -0.15) is 0 Å². The molecule has 23 heavy (non-hydrogen) atoms. The number of hydrogen-bond donors (Lipinski definition) is 2. The van der Waals surface area contributed by atoms with Crippen LogP contribution in [0.5, 0.6) is 0 Å². The summed E-state index contributed by atoms with van der Waals surface area (Å²) in [4.78, 5) is 12.5. The van der Waals surface area contributed by atoms with E-state index < -0.39 is 6.10 Å². The highest BCUT2D eigenvalue weighted by molar-refractivity contribution is 8.00. The second kappa shape index (κ2) is 7.66. The Bertz CT molecular complexity index is 628. The highest BCUT2D eigenvalue weighted by Gasteiger charge is 2.29. The lowest BCUT2D eigenvalue weighted by Crippen LogP contribution is -2.30. The molecule has 1 fully saturated rings. The Kier molecular flexibility index (Phi) is 5.36. The molecule has 2 N–H and O–H groups in total. The average Bonchev–Trinajstić information content (AvgIpc) is 3.40. The number of aliphatic hydroxyl groups excluding tert-OH is 1. The summed E-state index contributed by atoms with van der Waals surface area (Å²) in [5.74, 6) is 0.533. The molecule has 2 aromatic rings. The van der Waals surface area contributed by atoms with Crippen LogP contribution in [-0.4, -0.2) is 22.8 Å². The minimum absolute atomic E-state index is 0.0453. The fourth-order valence-electron chi connectivity index (χ4n) is 2.41. The summed E-state index contributed by atoms with van der Waals surface area (Å²) in [7, 11) is 0. The molecule has 1 aliphatic carbocycles. The fraction of sp³-hybridized carbons (Fsp3) is 0.316. The van der Waals surface area contributed by atoms with Crippen LogP contribution >= 0.6 is 11.8 Å². The predicted molar refractivity (Wildman–Crippen MR) is 94.2 cm³/mol. The standard InChI is InChI=1S/C19H21NO2S/c21-17(14-7-3-1-4-8-14)13-23-18(15-9-5-2-6-10-15)19(22)20-16-11-12-16/h1-10,16-18,21H,11-13H2,(H,20,22)/t17-,18+/m1/s1. The Hall–Kier alpha value is -1.78. The lowest BCUT2D eigenvalue weighted by molar-refractivity contribution is -0.120. The molecule has 0 radical (unpaired) electrons. The summed E-state index contributed by atoms with van der Waals surface area (Å²) in [6, 6.07) is 19.7. The molecule has 3 rings (SSSR count). The molecule has 4 heteroatoms. The van der Waals surface area contributed by atoms with Crippen molar-refractivity contribution in [3.63, 3.8) is 0 Å². The van der Waals surface area contributed by atoms with Crippen LogP contribution in [0.1, 0.15) is 35.3 Å². The lowest BCUT2D eigenvalue weighted by atomic mass is 10.1. The Morgan fingerprint density at radius 1 is 1.04 bits per heavy atom. The molecule has 3 nitrogen and oxygen atoms in total. The third kappa shape index (κ3) is 4.60. The summed E-state index contributed by atoms with van der Waals surface area (Å²) < 4.78 is 0. The number of carbonyl (C=O) groups excluding carboxylic acids is 1. The van der Waals surface area contributed by atoms with E-state index in [1.54, 1.807) is 0 Å². The van der Waals surface area contributed by atoms with E-state index in [1.165, 1.54) is 11.8 Å². The van der Waals surface area contributed by atoms with Gasteiger partial charge in [0.1, 0.15) is 5.25 Å². The molecule has 0 unspecified atom stereocenters. The summed E-state index contributed by atoms with van der Waals surface area (Å²) in [5.41, 5.74) is 1.87. The third-order valence-electron chi connectivity index (χ3n) is 3.87. The molecule has 0 saturated heterocycles. The van der Waals surface area contributed by atoms with E-state index in [0.717, 1.165) is 24.0 Å². The number of carbonyl (C=O) groups is 1. The van der Waals surface area contributed by atoms with Crippen molar-refractivity contribution in [3.05, 3.63) is 71.8 Å². The molecule has 2 aromatic carbocycles. The first-order chi connectivity index (χ1) is 11.2. The first-order valence-electron chi connectivity index (χ1n) is 7.94. The van der Waals surface area contributed by atoms with Gasteiger partial charge in [-0.05, 0) is 24.0 Å². The molecule has 0 aromatic heterocycles. The largest absolute Gasteiger partial charge is 0.388 e. The van der Waals surface area contributed by atoms with E-state index in [2.05, 4.69) is 5.32 Å². The molecule has 1 aliphatic rings. The van der Waals surface area contributed by atoms with Gasteiger partial charge in [-0.3, -0.25) is 4.79 Å². The molecular weight excluding hydrogens is 306 g/mol. The van der Waals surface area contributed by atoms with Crippen molar-refractivity contribution in [2.75, 3.05) is 5.75 Å². The maximum atomic E-state index is 12.5. The van der Waals surface area contributed by atoms with Crippen molar-refractivity contribution < 1.29 is 9.90 Å². The number of amides is 1. The maximum Gasteiger partial charge on any atom is 0.237 e. The van der Waals surface area contributed by atoms with Gasteiger partial charge in [-0.15, -0.1) is 11.8 Å². The molecular formula is C19H21NO2S. The molecule has 1 saturated carbocycles. The van der Waals surface area contributed by atoms with E-state index in [0.29, 0.717) is 11.8 Å². The topological polar surface area (TPSA) is 49.3 Å². The maximum absolute atomic E-state index is 12.5. The van der Waals surface area contributed by atoms with Crippen LogP contribution in [-0.2, 0) is 4.79 Å². The minimum Gasteiger partial charge on any atom is -0.388 e. The monoisotopic (exact) mass is 327 g/mol. The zero-order chi connectivity index (χ0) is 16.1. The summed E-state index contributed by atoms with van der Waals surface area (Å²) in [6.07, 6.45) is 1.58. The Balaban J connectivity index is 1.67. The highest BCUT2D eigenvalue weighted by Crippen LogP contribution is 2.33. The summed E-state index contributed by atoms with van der Waals surface area (Å²) in [5, 5.41) is 13.1. The first kappa shape index (κ1) is 16.1. The highest BCUT2D eigenvalue weighted by atomic mass is 32.2. The molecule has 0 bridgehead atoms. The lowest BCUT2D eigenvalue weighted by Gasteiger charge is -2.19. The van der Waals surface area contributed by atoms with E-state index in [9.17, 15) is 9.90 Å². The van der Waals surface area contributed by atoms with Crippen molar-refractivity contribution in [2.45, 2.75) is 30.2 Å². The van der Waals surface area contributed by atoms with Crippen molar-refractivity contribution in [3.8, 4) is 0 Å². The van der Waals surface area contributed by atoms with Crippen LogP contribution in [0.25, 0.3) is 0 Å². The second-order valence-corrected chi connectivity index (χ2v) is 6.97. The van der Waals surface area contributed by atoms with Crippen LogP contribution in [0, 0.1) is 0 Å². The SMILES string of the molecule is O=C(NC1CC1)[C@@H](SC[C@@H](O)c1ccccc1)c1ccccc1. The molecule has 0 spiro atoms. The van der Waals surface area contributed by atoms with Gasteiger partial charge in [0.25, 0.3) is 0 Å². The molecule has 0 heterocycles. The second-order valence-electron chi connectivity index (χ2n) is 5.83. The van der Waals surface area contributed by atoms with E-state index in [4.69, 9.17) is 0 Å². The average molecular weight is 327 g/mol. The Morgan fingerprint density at radius 2 is 1.61 bits per heavy atom. The van der Waals surface area contributed by atoms with E-state index >= 15 is 0 Å². The van der Waals surface area contributed by atoms with Crippen LogP contribution in [0.3, 0.4) is 0 Å². The number of aliphatic hydroxyl groups is 1. The van der Waals surface area contributed by atoms with Gasteiger partial charge in [-0.25, -0.2) is 0 Å². The smallest absolute Gasteiger partial charge is 0.237 e. The van der Waals surface area contributed by atoms with Crippen LogP contribution in [0.2, 0.25) is 0 Å². The fourth-order valence-corrected chi connectivity index (χ4v) is 3.55. The van der Waals surface area contributed by atoms with Crippen LogP contribution in [0.15, 0.2) is 60.7 Å². The van der Waals surface area contributed by atoms with Gasteiger partial charge >= 0.3 is 0 Å². The molecule has 2 atom stereocenters. The molecule has 1 amide bonds. The number of nitrogens with one attached hydrogen (secondary N) is 1. The minimum atomic E-state index is -0.568. The summed E-state index contributed by atoms with van der Waals surface area (Å²) in [6.45, 7) is 0. The van der Waals surface area contributed by atoms with Gasteiger partial charge < -0.3 is 10.4 Å². The normalized spacial score (nSPS) is 16.6. The summed E-state index contributed by atoms with van der Waals surface area (Å²) >= 11 is 1.49. The number of thioether (sulfide) groups is 1. The van der Waals surface area contributed by atoms with Gasteiger partial charge in [-0.1, -0.05) is 60.7 Å². The zero-order valence-corrected chi connectivity index (χ0v) is 13.7. The first-order valence-corrected chi connectivity index (χ1v) is 8.99. The van der Waals surface area contributed by atoms with Gasteiger partial charge in [0, 0.05) is 11.8 Å². The number of benzene rings is 2. The molecule has 120 valence electrons. The van der Waals surface area contributed by atoms with Crippen LogP contribution in [0.4, 0.5) is 0 Å². The zero-order valence-electron chi connectivity index (χ0n) is 12.9. The van der Waals surface area contributed by atoms with Crippen molar-refractivity contribution in [2.24, 2.45) is 0 Å². The van der Waals surface area contributed by atoms with E-state index in [-0.39, 0.29) is 11.2 Å². The quantitative estimate of drug-likeness (QED) is 0.818. The third-order valence-corrected chi connectivity index (χ3v) is 5.20. The van der Waals surface area contributed by atoms with Crippen molar-refractivity contribution in [1.29, 1.82) is 0 Å². The Labute approximate surface area is 141 Å². The molecule has 0 aliphatic heterocycles. The number of rotatable bonds is 7. The van der Waals surface area contributed by atoms with Gasteiger partial charge in [0.05, 0.1) is 6.10 Å². The van der Waals surface area contributed by atoms with Gasteiger partial charge in [0.2, 0.25) is 5.91 Å². The van der Waals surface area contributed by atoms with Crippen molar-refractivity contribution in [1.82, 2.24) is 5.32 Å². The van der Waals surface area contributed by atoms with E-state index in [1.807, 2.05) is 60.7 Å². The Morgan fingerprint density at radius 3 is 2.17 bits per heavy atom.